The van der Waals surface area contributed by atoms with Gasteiger partial charge in [-0.05, 0) is 19.4 Å². The molecule has 0 bridgehead atoms. The maximum Gasteiger partial charge on any atom is 0.221 e. The molecule has 0 radical (unpaired) electrons. The molecule has 1 saturated heterocycles. The number of hydrogen-bond donors (Lipinski definition) is 2. The van der Waals surface area contributed by atoms with Gasteiger partial charge in [-0.2, -0.15) is 0 Å². The molecule has 3 N–H and O–H groups in total. The molecule has 2 unspecified atom stereocenters. The van der Waals surface area contributed by atoms with Gasteiger partial charge >= 0.3 is 0 Å². The van der Waals surface area contributed by atoms with Gasteiger partial charge < -0.3 is 11.1 Å². The van der Waals surface area contributed by atoms with Crippen LogP contribution in [0.2, 0.25) is 0 Å². The second kappa shape index (κ2) is 6.97. The van der Waals surface area contributed by atoms with E-state index in [2.05, 4.69) is 24.1 Å². The van der Waals surface area contributed by atoms with E-state index in [0.29, 0.717) is 12.1 Å². The fourth-order valence-electron chi connectivity index (χ4n) is 2.34. The molecule has 0 aromatic heterocycles. The summed E-state index contributed by atoms with van der Waals surface area (Å²) in [4.78, 5) is 13.6. The van der Waals surface area contributed by atoms with Crippen LogP contribution in [0.15, 0.2) is 0 Å². The summed E-state index contributed by atoms with van der Waals surface area (Å²) >= 11 is 0. The largest absolute Gasteiger partial charge is 0.369 e. The van der Waals surface area contributed by atoms with E-state index < -0.39 is 0 Å². The maximum absolute atomic E-state index is 11.1. The van der Waals surface area contributed by atoms with Gasteiger partial charge in [-0.3, -0.25) is 9.69 Å². The Bertz CT molecular complexity index is 243. The Kier molecular flexibility index (Phi) is 5.92. The summed E-state index contributed by atoms with van der Waals surface area (Å²) in [6, 6.07) is 1.08. The molecule has 1 rings (SSSR count). The van der Waals surface area contributed by atoms with E-state index in [-0.39, 0.29) is 11.8 Å². The number of likely N-dealkylation sites (tertiary alicyclic amines) is 1. The van der Waals surface area contributed by atoms with E-state index in [1.165, 1.54) is 19.3 Å². The topological polar surface area (TPSA) is 58.4 Å². The average molecular weight is 241 g/mol. The number of rotatable bonds is 6. The Morgan fingerprint density at radius 2 is 2.12 bits per heavy atom. The highest BCUT2D eigenvalue weighted by atomic mass is 16.1. The van der Waals surface area contributed by atoms with Crippen LogP contribution in [0.25, 0.3) is 0 Å². The fraction of sp³-hybridized carbons (Fsp3) is 0.923. The number of carbonyl (C=O) groups excluding carboxylic acids is 1. The highest BCUT2D eigenvalue weighted by molar-refractivity contribution is 5.76. The minimum Gasteiger partial charge on any atom is -0.369 e. The first-order valence-corrected chi connectivity index (χ1v) is 6.77. The molecule has 1 heterocycles. The molecule has 17 heavy (non-hydrogen) atoms. The Hall–Kier alpha value is -0.610. The van der Waals surface area contributed by atoms with Gasteiger partial charge in [-0.1, -0.05) is 27.2 Å². The van der Waals surface area contributed by atoms with Gasteiger partial charge in [0.25, 0.3) is 0 Å². The zero-order valence-corrected chi connectivity index (χ0v) is 11.4. The Morgan fingerprint density at radius 1 is 1.41 bits per heavy atom. The van der Waals surface area contributed by atoms with Crippen LogP contribution in [0.3, 0.4) is 0 Å². The summed E-state index contributed by atoms with van der Waals surface area (Å²) in [5.74, 6) is -0.235. The lowest BCUT2D eigenvalue weighted by Crippen LogP contribution is -2.49. The molecule has 4 nitrogen and oxygen atoms in total. The number of nitrogens with one attached hydrogen (secondary N) is 1. The van der Waals surface area contributed by atoms with Crippen LogP contribution in [-0.4, -0.2) is 42.5 Å². The molecule has 0 aromatic rings. The Balaban J connectivity index is 2.44. The van der Waals surface area contributed by atoms with Crippen LogP contribution in [0, 0.1) is 5.92 Å². The molecule has 100 valence electrons. The lowest BCUT2D eigenvalue weighted by atomic mass is 9.99. The van der Waals surface area contributed by atoms with Crippen molar-refractivity contribution in [2.75, 3.05) is 19.6 Å². The molecule has 1 aliphatic heterocycles. The number of nitrogens with two attached hydrogens (primary N) is 1. The third kappa shape index (κ3) is 5.04. The SMILES string of the molecule is CC(C)NCC1CCCCN1CC(C)C(N)=O. The summed E-state index contributed by atoms with van der Waals surface area (Å²) < 4.78 is 0. The van der Waals surface area contributed by atoms with E-state index in [1.54, 1.807) is 0 Å². The minimum atomic E-state index is -0.189. The normalized spacial score (nSPS) is 23.9. The number of nitrogens with zero attached hydrogens (tertiary/aromatic N) is 1. The fourth-order valence-corrected chi connectivity index (χ4v) is 2.34. The monoisotopic (exact) mass is 241 g/mol. The third-order valence-electron chi connectivity index (χ3n) is 3.50. The summed E-state index contributed by atoms with van der Waals surface area (Å²) in [7, 11) is 0. The zero-order chi connectivity index (χ0) is 12.8. The second-order valence-electron chi connectivity index (χ2n) is 5.51. The summed E-state index contributed by atoms with van der Waals surface area (Å²) in [5, 5.41) is 3.49. The van der Waals surface area contributed by atoms with Crippen molar-refractivity contribution >= 4 is 5.91 Å². The lowest BCUT2D eigenvalue weighted by Gasteiger charge is -2.37. The molecule has 1 aliphatic rings. The summed E-state index contributed by atoms with van der Waals surface area (Å²) in [6.07, 6.45) is 3.76. The predicted molar refractivity (Wildman–Crippen MR) is 70.7 cm³/mol. The second-order valence-corrected chi connectivity index (χ2v) is 5.51. The van der Waals surface area contributed by atoms with Crippen molar-refractivity contribution in [3.05, 3.63) is 0 Å². The first-order valence-electron chi connectivity index (χ1n) is 6.77. The van der Waals surface area contributed by atoms with Crippen molar-refractivity contribution in [3.8, 4) is 0 Å². The maximum atomic E-state index is 11.1. The number of carbonyl (C=O) groups is 1. The van der Waals surface area contributed by atoms with Gasteiger partial charge in [0.1, 0.15) is 0 Å². The first kappa shape index (κ1) is 14.5. The minimum absolute atomic E-state index is 0.0466. The summed E-state index contributed by atoms with van der Waals surface area (Å²) in [6.45, 7) is 9.17. The average Bonchev–Trinajstić information content (AvgIpc) is 2.27. The molecule has 0 spiro atoms. The Morgan fingerprint density at radius 3 is 2.71 bits per heavy atom. The van der Waals surface area contributed by atoms with E-state index in [0.717, 1.165) is 19.6 Å². The lowest BCUT2D eigenvalue weighted by molar-refractivity contribution is -0.122. The molecule has 1 amide bonds. The van der Waals surface area contributed by atoms with Gasteiger partial charge in [-0.15, -0.1) is 0 Å². The molecule has 0 saturated carbocycles. The van der Waals surface area contributed by atoms with Crippen LogP contribution >= 0.6 is 0 Å². The number of amides is 1. The molecule has 0 aromatic carbocycles. The smallest absolute Gasteiger partial charge is 0.221 e. The van der Waals surface area contributed by atoms with Crippen LogP contribution < -0.4 is 11.1 Å². The number of hydrogen-bond acceptors (Lipinski definition) is 3. The molecular weight excluding hydrogens is 214 g/mol. The van der Waals surface area contributed by atoms with Gasteiger partial charge in [0.2, 0.25) is 5.91 Å². The van der Waals surface area contributed by atoms with Crippen molar-refractivity contribution in [1.29, 1.82) is 0 Å². The van der Waals surface area contributed by atoms with Gasteiger partial charge in [0.15, 0.2) is 0 Å². The summed E-state index contributed by atoms with van der Waals surface area (Å²) in [5.41, 5.74) is 5.34. The molecule has 2 atom stereocenters. The Labute approximate surface area is 105 Å². The molecular formula is C13H27N3O. The van der Waals surface area contributed by atoms with Crippen molar-refractivity contribution < 1.29 is 4.79 Å². The van der Waals surface area contributed by atoms with Crippen molar-refractivity contribution in [2.45, 2.75) is 52.1 Å². The first-order chi connectivity index (χ1) is 8.00. The van der Waals surface area contributed by atoms with Gasteiger partial charge in [0.05, 0.1) is 0 Å². The van der Waals surface area contributed by atoms with Crippen molar-refractivity contribution in [3.63, 3.8) is 0 Å². The van der Waals surface area contributed by atoms with Crippen LogP contribution in [-0.2, 0) is 4.79 Å². The standard InChI is InChI=1S/C13H27N3O/c1-10(2)15-8-12-6-4-5-7-16(12)9-11(3)13(14)17/h10-12,15H,4-9H2,1-3H3,(H2,14,17). The van der Waals surface area contributed by atoms with E-state index in [1.807, 2.05) is 6.92 Å². The molecule has 4 heteroatoms. The third-order valence-corrected chi connectivity index (χ3v) is 3.50. The highest BCUT2D eigenvalue weighted by Crippen LogP contribution is 2.18. The van der Waals surface area contributed by atoms with Crippen LogP contribution in [0.1, 0.15) is 40.0 Å². The van der Waals surface area contributed by atoms with Crippen LogP contribution in [0.5, 0.6) is 0 Å². The van der Waals surface area contributed by atoms with Crippen molar-refractivity contribution in [1.82, 2.24) is 10.2 Å². The van der Waals surface area contributed by atoms with E-state index in [9.17, 15) is 4.79 Å². The van der Waals surface area contributed by atoms with Gasteiger partial charge in [-0.25, -0.2) is 0 Å². The molecule has 1 fully saturated rings. The predicted octanol–water partition coefficient (Wildman–Crippen LogP) is 0.960. The van der Waals surface area contributed by atoms with E-state index >= 15 is 0 Å². The number of primary amides is 1. The quantitative estimate of drug-likeness (QED) is 0.728. The van der Waals surface area contributed by atoms with Crippen molar-refractivity contribution in [2.24, 2.45) is 11.7 Å². The van der Waals surface area contributed by atoms with Gasteiger partial charge in [0, 0.05) is 31.1 Å². The highest BCUT2D eigenvalue weighted by Gasteiger charge is 2.24. The number of piperidine rings is 1. The zero-order valence-electron chi connectivity index (χ0n) is 11.4. The van der Waals surface area contributed by atoms with Crippen LogP contribution in [0.4, 0.5) is 0 Å². The van der Waals surface area contributed by atoms with E-state index in [4.69, 9.17) is 5.73 Å². The molecule has 0 aliphatic carbocycles.